The van der Waals surface area contributed by atoms with Crippen molar-refractivity contribution < 1.29 is 0 Å². The van der Waals surface area contributed by atoms with Crippen molar-refractivity contribution >= 4 is 22.5 Å². The predicted molar refractivity (Wildman–Crippen MR) is 117 cm³/mol. The molecule has 3 rings (SSSR count). The number of pyridine rings is 1. The molecule has 0 radical (unpaired) electrons. The topological polar surface area (TPSA) is 29.9 Å². The molecule has 0 amide bonds. The molecule has 27 heavy (non-hydrogen) atoms. The lowest BCUT2D eigenvalue weighted by Crippen LogP contribution is -2.16. The smallest absolute Gasteiger partial charge is 0.142 e. The van der Waals surface area contributed by atoms with Crippen molar-refractivity contribution in [2.45, 2.75) is 72.3 Å². The third kappa shape index (κ3) is 4.18. The summed E-state index contributed by atoms with van der Waals surface area (Å²) in [5.74, 6) is 0.883. The highest BCUT2D eigenvalue weighted by Crippen LogP contribution is 2.33. The number of nitrogens with one attached hydrogen (secondary N) is 1. The molecule has 0 fully saturated rings. The standard InChI is InChI=1S/C24H33N3/c1-16(2)27-12-11-17-9-10-21(26-22(17)27)25-20-14-18(23(3,4)5)13-19(15-20)24(6,7)8/h9-16H,1-8H3,(H,25,26). The van der Waals surface area contributed by atoms with Crippen LogP contribution in [0.1, 0.15) is 72.6 Å². The van der Waals surface area contributed by atoms with Crippen LogP contribution in [0.5, 0.6) is 0 Å². The van der Waals surface area contributed by atoms with Gasteiger partial charge in [0.05, 0.1) is 0 Å². The maximum Gasteiger partial charge on any atom is 0.142 e. The Morgan fingerprint density at radius 3 is 1.96 bits per heavy atom. The van der Waals surface area contributed by atoms with Crippen molar-refractivity contribution in [3.8, 4) is 0 Å². The van der Waals surface area contributed by atoms with Crippen LogP contribution >= 0.6 is 0 Å². The molecule has 3 nitrogen and oxygen atoms in total. The van der Waals surface area contributed by atoms with Crippen molar-refractivity contribution in [3.63, 3.8) is 0 Å². The van der Waals surface area contributed by atoms with Gasteiger partial charge in [0.2, 0.25) is 0 Å². The van der Waals surface area contributed by atoms with Crippen LogP contribution in [0.3, 0.4) is 0 Å². The van der Waals surface area contributed by atoms with E-state index >= 15 is 0 Å². The molecule has 0 aliphatic carbocycles. The van der Waals surface area contributed by atoms with Crippen molar-refractivity contribution in [2.75, 3.05) is 5.32 Å². The highest BCUT2D eigenvalue weighted by molar-refractivity contribution is 5.79. The molecule has 1 aromatic carbocycles. The highest BCUT2D eigenvalue weighted by atomic mass is 15.1. The summed E-state index contributed by atoms with van der Waals surface area (Å²) in [6, 6.07) is 13.6. The monoisotopic (exact) mass is 363 g/mol. The zero-order chi connectivity index (χ0) is 20.0. The van der Waals surface area contributed by atoms with Gasteiger partial charge in [0.15, 0.2) is 0 Å². The van der Waals surface area contributed by atoms with Crippen molar-refractivity contribution in [2.24, 2.45) is 0 Å². The molecule has 0 saturated heterocycles. The molecule has 144 valence electrons. The predicted octanol–water partition coefficient (Wildman–Crippen LogP) is 6.96. The fraction of sp³-hybridized carbons (Fsp3) is 0.458. The Hall–Kier alpha value is -2.29. The minimum absolute atomic E-state index is 0.0986. The quantitative estimate of drug-likeness (QED) is 0.545. The molecule has 0 aliphatic rings. The molecule has 0 bridgehead atoms. The molecule has 0 spiro atoms. The number of benzene rings is 1. The Balaban J connectivity index is 2.04. The van der Waals surface area contributed by atoms with E-state index in [4.69, 9.17) is 4.98 Å². The molecule has 0 aliphatic heterocycles. The molecule has 3 heteroatoms. The fourth-order valence-corrected chi connectivity index (χ4v) is 3.23. The van der Waals surface area contributed by atoms with Gasteiger partial charge in [0.1, 0.15) is 11.5 Å². The molecular weight excluding hydrogens is 330 g/mol. The van der Waals surface area contributed by atoms with E-state index in [0.29, 0.717) is 6.04 Å². The maximum absolute atomic E-state index is 4.89. The molecule has 2 heterocycles. The minimum atomic E-state index is 0.0986. The largest absolute Gasteiger partial charge is 0.340 e. The lowest BCUT2D eigenvalue weighted by atomic mass is 9.80. The summed E-state index contributed by atoms with van der Waals surface area (Å²) in [6.07, 6.45) is 2.12. The van der Waals surface area contributed by atoms with Crippen LogP contribution in [0, 0.1) is 0 Å². The first-order valence-electron chi connectivity index (χ1n) is 9.86. The van der Waals surface area contributed by atoms with Gasteiger partial charge in [-0.3, -0.25) is 0 Å². The molecule has 0 atom stereocenters. The van der Waals surface area contributed by atoms with Gasteiger partial charge in [-0.15, -0.1) is 0 Å². The summed E-state index contributed by atoms with van der Waals surface area (Å²) < 4.78 is 2.21. The van der Waals surface area contributed by atoms with Crippen LogP contribution in [0.15, 0.2) is 42.6 Å². The summed E-state index contributed by atoms with van der Waals surface area (Å²) in [6.45, 7) is 17.9. The first kappa shape index (κ1) is 19.5. The minimum Gasteiger partial charge on any atom is -0.340 e. The normalized spacial score (nSPS) is 12.8. The summed E-state index contributed by atoms with van der Waals surface area (Å²) in [5.41, 5.74) is 5.00. The second kappa shape index (κ2) is 6.70. The SMILES string of the molecule is CC(C)n1ccc2ccc(Nc3cc(C(C)(C)C)cc(C(C)(C)C)c3)nc21. The van der Waals surface area contributed by atoms with E-state index in [1.165, 1.54) is 16.5 Å². The Morgan fingerprint density at radius 2 is 1.44 bits per heavy atom. The van der Waals surface area contributed by atoms with Crippen molar-refractivity contribution in [1.82, 2.24) is 9.55 Å². The zero-order valence-corrected chi connectivity index (χ0v) is 18.0. The molecule has 0 saturated carbocycles. The number of nitrogens with zero attached hydrogens (tertiary/aromatic N) is 2. The third-order valence-corrected chi connectivity index (χ3v) is 5.06. The molecule has 0 unspecified atom stereocenters. The van der Waals surface area contributed by atoms with Crippen LogP contribution < -0.4 is 5.32 Å². The van der Waals surface area contributed by atoms with E-state index in [-0.39, 0.29) is 10.8 Å². The number of rotatable bonds is 3. The van der Waals surface area contributed by atoms with Crippen LogP contribution in [0.2, 0.25) is 0 Å². The summed E-state index contributed by atoms with van der Waals surface area (Å²) in [5, 5.41) is 4.73. The van der Waals surface area contributed by atoms with Gasteiger partial charge in [0.25, 0.3) is 0 Å². The number of aromatic nitrogens is 2. The van der Waals surface area contributed by atoms with Crippen molar-refractivity contribution in [3.05, 3.63) is 53.7 Å². The Kier molecular flexibility index (Phi) is 4.83. The molecular formula is C24H33N3. The van der Waals surface area contributed by atoms with Crippen LogP contribution in [-0.4, -0.2) is 9.55 Å². The lowest BCUT2D eigenvalue weighted by Gasteiger charge is -2.26. The number of anilines is 2. The van der Waals surface area contributed by atoms with E-state index < -0.39 is 0 Å². The lowest BCUT2D eigenvalue weighted by molar-refractivity contribution is 0.569. The van der Waals surface area contributed by atoms with Crippen LogP contribution in [0.4, 0.5) is 11.5 Å². The van der Waals surface area contributed by atoms with Crippen LogP contribution in [-0.2, 0) is 10.8 Å². The van der Waals surface area contributed by atoms with Gasteiger partial charge in [-0.05, 0) is 66.1 Å². The highest BCUT2D eigenvalue weighted by Gasteiger charge is 2.20. The van der Waals surface area contributed by atoms with E-state index in [1.807, 2.05) is 0 Å². The Labute approximate surface area is 163 Å². The second-order valence-corrected chi connectivity index (χ2v) is 9.85. The van der Waals surface area contributed by atoms with Gasteiger partial charge in [-0.1, -0.05) is 47.6 Å². The summed E-state index contributed by atoms with van der Waals surface area (Å²) in [4.78, 5) is 4.89. The Bertz CT molecular complexity index is 918. The van der Waals surface area contributed by atoms with E-state index in [2.05, 4.69) is 108 Å². The van der Waals surface area contributed by atoms with E-state index in [1.54, 1.807) is 0 Å². The average Bonchev–Trinajstić information content (AvgIpc) is 2.96. The van der Waals surface area contributed by atoms with Gasteiger partial charge in [-0.25, -0.2) is 4.98 Å². The maximum atomic E-state index is 4.89. The average molecular weight is 364 g/mol. The first-order chi connectivity index (χ1) is 12.4. The number of hydrogen-bond donors (Lipinski definition) is 1. The molecule has 1 N–H and O–H groups in total. The first-order valence-corrected chi connectivity index (χ1v) is 9.86. The number of hydrogen-bond acceptors (Lipinski definition) is 2. The van der Waals surface area contributed by atoms with Crippen molar-refractivity contribution in [1.29, 1.82) is 0 Å². The second-order valence-electron chi connectivity index (χ2n) is 9.85. The summed E-state index contributed by atoms with van der Waals surface area (Å²) >= 11 is 0. The van der Waals surface area contributed by atoms with E-state index in [9.17, 15) is 0 Å². The van der Waals surface area contributed by atoms with E-state index in [0.717, 1.165) is 17.2 Å². The summed E-state index contributed by atoms with van der Waals surface area (Å²) in [7, 11) is 0. The third-order valence-electron chi connectivity index (χ3n) is 5.06. The van der Waals surface area contributed by atoms with Gasteiger partial charge >= 0.3 is 0 Å². The van der Waals surface area contributed by atoms with Gasteiger partial charge in [-0.2, -0.15) is 0 Å². The fourth-order valence-electron chi connectivity index (χ4n) is 3.23. The molecule has 2 aromatic heterocycles. The van der Waals surface area contributed by atoms with Gasteiger partial charge in [0, 0.05) is 23.3 Å². The Morgan fingerprint density at radius 1 is 0.852 bits per heavy atom. The number of fused-ring (bicyclic) bond motifs is 1. The van der Waals surface area contributed by atoms with Gasteiger partial charge < -0.3 is 9.88 Å². The van der Waals surface area contributed by atoms with Crippen LogP contribution in [0.25, 0.3) is 11.0 Å². The zero-order valence-electron chi connectivity index (χ0n) is 18.0. The molecule has 3 aromatic rings.